The summed E-state index contributed by atoms with van der Waals surface area (Å²) in [6.45, 7) is 2.65. The van der Waals surface area contributed by atoms with Crippen LogP contribution < -0.4 is 5.32 Å². The summed E-state index contributed by atoms with van der Waals surface area (Å²) < 4.78 is 24.3. The van der Waals surface area contributed by atoms with Crippen LogP contribution in [0, 0.1) is 13.8 Å². The summed E-state index contributed by atoms with van der Waals surface area (Å²) in [6.07, 6.45) is -2.64. The van der Waals surface area contributed by atoms with Crippen LogP contribution in [-0.4, -0.2) is 42.0 Å². The van der Waals surface area contributed by atoms with E-state index >= 15 is 0 Å². The molecular weight excluding hydrogens is 278 g/mol. The Balaban J connectivity index is 2.91. The molecule has 0 saturated carbocycles. The Hall–Kier alpha value is -1.70. The van der Waals surface area contributed by atoms with Crippen LogP contribution in [0.15, 0.2) is 0 Å². The molecule has 0 radical (unpaired) electrons. The zero-order chi connectivity index (χ0) is 14.7. The van der Waals surface area contributed by atoms with E-state index in [4.69, 9.17) is 5.11 Å². The molecule has 0 atom stereocenters. The van der Waals surface area contributed by atoms with Crippen LogP contribution in [0.4, 0.5) is 18.6 Å². The third kappa shape index (κ3) is 3.63. The van der Waals surface area contributed by atoms with Crippen LogP contribution >= 0.6 is 11.3 Å². The van der Waals surface area contributed by atoms with Crippen molar-refractivity contribution in [3.63, 3.8) is 0 Å². The fraction of sp³-hybridized carbons (Fsp3) is 0.455. The molecule has 1 rings (SSSR count). The van der Waals surface area contributed by atoms with Gasteiger partial charge in [-0.3, -0.25) is 5.32 Å². The molecule has 0 fully saturated rings. The Kier molecular flexibility index (Phi) is 4.82. The summed E-state index contributed by atoms with van der Waals surface area (Å²) in [4.78, 5) is 24.3. The molecule has 0 aliphatic carbocycles. The number of carbonyl (C=O) groups is 2. The van der Waals surface area contributed by atoms with Gasteiger partial charge in [-0.05, 0) is 19.4 Å². The lowest BCUT2D eigenvalue weighted by molar-refractivity contribution is 0.0697. The second kappa shape index (κ2) is 5.96. The predicted molar refractivity (Wildman–Crippen MR) is 68.4 cm³/mol. The van der Waals surface area contributed by atoms with Gasteiger partial charge in [0.1, 0.15) is 5.00 Å². The predicted octanol–water partition coefficient (Wildman–Crippen LogP) is 2.79. The molecule has 5 nitrogen and oxygen atoms in total. The van der Waals surface area contributed by atoms with Gasteiger partial charge in [0, 0.05) is 11.9 Å². The second-order valence-corrected chi connectivity index (χ2v) is 5.22. The SMILES string of the molecule is Cc1sc(NC(=O)N(C)CC(F)F)c(C(=O)O)c1C. The Morgan fingerprint density at radius 3 is 2.47 bits per heavy atom. The lowest BCUT2D eigenvalue weighted by atomic mass is 10.1. The number of anilines is 1. The van der Waals surface area contributed by atoms with Crippen molar-refractivity contribution in [2.45, 2.75) is 20.3 Å². The molecule has 0 aliphatic rings. The highest BCUT2D eigenvalue weighted by Gasteiger charge is 2.22. The van der Waals surface area contributed by atoms with Crippen molar-refractivity contribution >= 4 is 28.3 Å². The highest BCUT2D eigenvalue weighted by Crippen LogP contribution is 2.32. The van der Waals surface area contributed by atoms with Gasteiger partial charge in [0.2, 0.25) is 0 Å². The van der Waals surface area contributed by atoms with E-state index in [1.807, 2.05) is 0 Å². The molecule has 1 aromatic rings. The lowest BCUT2D eigenvalue weighted by Crippen LogP contribution is -2.35. The zero-order valence-electron chi connectivity index (χ0n) is 10.7. The average molecular weight is 292 g/mol. The molecule has 0 saturated heterocycles. The van der Waals surface area contributed by atoms with E-state index in [1.54, 1.807) is 13.8 Å². The zero-order valence-corrected chi connectivity index (χ0v) is 11.5. The van der Waals surface area contributed by atoms with E-state index in [0.717, 1.165) is 21.1 Å². The minimum Gasteiger partial charge on any atom is -0.478 e. The minimum absolute atomic E-state index is 0.00120. The Bertz CT molecular complexity index is 502. The molecule has 0 unspecified atom stereocenters. The summed E-state index contributed by atoms with van der Waals surface area (Å²) in [7, 11) is 1.22. The third-order valence-electron chi connectivity index (χ3n) is 2.58. The second-order valence-electron chi connectivity index (χ2n) is 3.99. The molecule has 0 spiro atoms. The van der Waals surface area contributed by atoms with Crippen LogP contribution in [0.3, 0.4) is 0 Å². The fourth-order valence-electron chi connectivity index (χ4n) is 1.46. The molecule has 0 aliphatic heterocycles. The largest absolute Gasteiger partial charge is 0.478 e. The Labute approximate surface area is 112 Å². The minimum atomic E-state index is -2.64. The number of thiophene rings is 1. The molecule has 8 heteroatoms. The van der Waals surface area contributed by atoms with Gasteiger partial charge in [0.25, 0.3) is 6.43 Å². The van der Waals surface area contributed by atoms with Crippen molar-refractivity contribution in [3.05, 3.63) is 16.0 Å². The number of rotatable bonds is 4. The number of carbonyl (C=O) groups excluding carboxylic acids is 1. The van der Waals surface area contributed by atoms with Crippen LogP contribution in [0.1, 0.15) is 20.8 Å². The van der Waals surface area contributed by atoms with Crippen LogP contribution in [0.25, 0.3) is 0 Å². The van der Waals surface area contributed by atoms with Crippen molar-refractivity contribution in [1.29, 1.82) is 0 Å². The van der Waals surface area contributed by atoms with Gasteiger partial charge >= 0.3 is 12.0 Å². The van der Waals surface area contributed by atoms with Gasteiger partial charge in [-0.1, -0.05) is 0 Å². The van der Waals surface area contributed by atoms with Crippen molar-refractivity contribution in [2.24, 2.45) is 0 Å². The normalized spacial score (nSPS) is 10.6. The highest BCUT2D eigenvalue weighted by atomic mass is 32.1. The molecule has 106 valence electrons. The summed E-state index contributed by atoms with van der Waals surface area (Å²) in [5.41, 5.74) is 0.561. The molecule has 1 heterocycles. The van der Waals surface area contributed by atoms with Crippen LogP contribution in [0.2, 0.25) is 0 Å². The Morgan fingerprint density at radius 1 is 1.42 bits per heavy atom. The number of hydrogen-bond donors (Lipinski definition) is 2. The van der Waals surface area contributed by atoms with Gasteiger partial charge in [0.15, 0.2) is 0 Å². The molecule has 1 aromatic heterocycles. The molecular formula is C11H14F2N2O3S. The number of amides is 2. The smallest absolute Gasteiger partial charge is 0.338 e. The van der Waals surface area contributed by atoms with Crippen molar-refractivity contribution in [3.8, 4) is 0 Å². The maximum atomic E-state index is 12.1. The molecule has 19 heavy (non-hydrogen) atoms. The van der Waals surface area contributed by atoms with Gasteiger partial charge in [-0.25, -0.2) is 18.4 Å². The quantitative estimate of drug-likeness (QED) is 0.896. The van der Waals surface area contributed by atoms with Gasteiger partial charge in [0.05, 0.1) is 12.1 Å². The van der Waals surface area contributed by atoms with Gasteiger partial charge < -0.3 is 10.0 Å². The number of nitrogens with zero attached hydrogens (tertiary/aromatic N) is 1. The van der Waals surface area contributed by atoms with Gasteiger partial charge in [-0.2, -0.15) is 0 Å². The highest BCUT2D eigenvalue weighted by molar-refractivity contribution is 7.16. The first-order valence-electron chi connectivity index (χ1n) is 5.37. The van der Waals surface area contributed by atoms with Crippen molar-refractivity contribution in [2.75, 3.05) is 18.9 Å². The molecule has 0 aromatic carbocycles. The Morgan fingerprint density at radius 2 is 2.00 bits per heavy atom. The number of carboxylic acids is 1. The molecule has 2 N–H and O–H groups in total. The van der Waals surface area contributed by atoms with E-state index in [2.05, 4.69) is 5.32 Å². The first kappa shape index (κ1) is 15.4. The number of halogens is 2. The first-order chi connectivity index (χ1) is 8.73. The first-order valence-corrected chi connectivity index (χ1v) is 6.19. The standard InChI is InChI=1S/C11H14F2N2O3S/c1-5-6(2)19-9(8(5)10(16)17)14-11(18)15(3)4-7(12)13/h7H,4H2,1-3H3,(H,14,18)(H,16,17). The fourth-order valence-corrected chi connectivity index (χ4v) is 2.50. The number of urea groups is 1. The topological polar surface area (TPSA) is 69.6 Å². The maximum Gasteiger partial charge on any atom is 0.338 e. The maximum absolute atomic E-state index is 12.1. The molecule has 0 bridgehead atoms. The van der Waals surface area contributed by atoms with E-state index in [1.165, 1.54) is 7.05 Å². The molecule has 2 amide bonds. The number of aryl methyl sites for hydroxylation is 1. The summed E-state index contributed by atoms with van der Waals surface area (Å²) in [5, 5.41) is 11.6. The number of aromatic carboxylic acids is 1. The van der Waals surface area contributed by atoms with E-state index in [0.29, 0.717) is 5.56 Å². The summed E-state index contributed by atoms with van der Waals surface area (Å²) in [6, 6.07) is -0.760. The number of carboxylic acid groups (broad SMARTS) is 1. The third-order valence-corrected chi connectivity index (χ3v) is 3.70. The van der Waals surface area contributed by atoms with E-state index in [9.17, 15) is 18.4 Å². The van der Waals surface area contributed by atoms with Crippen molar-refractivity contribution < 1.29 is 23.5 Å². The van der Waals surface area contributed by atoms with Crippen LogP contribution in [0.5, 0.6) is 0 Å². The van der Waals surface area contributed by atoms with E-state index in [-0.39, 0.29) is 10.6 Å². The van der Waals surface area contributed by atoms with Gasteiger partial charge in [-0.15, -0.1) is 11.3 Å². The monoisotopic (exact) mass is 292 g/mol. The number of nitrogens with one attached hydrogen (secondary N) is 1. The lowest BCUT2D eigenvalue weighted by Gasteiger charge is -2.16. The summed E-state index contributed by atoms with van der Waals surface area (Å²) >= 11 is 1.11. The number of hydrogen-bond acceptors (Lipinski definition) is 3. The number of alkyl halides is 2. The van der Waals surface area contributed by atoms with E-state index < -0.39 is 25.0 Å². The summed E-state index contributed by atoms with van der Waals surface area (Å²) in [5.74, 6) is -1.16. The van der Waals surface area contributed by atoms with Crippen molar-refractivity contribution in [1.82, 2.24) is 4.90 Å². The van der Waals surface area contributed by atoms with Crippen LogP contribution in [-0.2, 0) is 0 Å². The average Bonchev–Trinajstić information content (AvgIpc) is 2.53.